The summed E-state index contributed by atoms with van der Waals surface area (Å²) in [6, 6.07) is 28.4. The first-order valence-corrected chi connectivity index (χ1v) is 8.37. The van der Waals surface area contributed by atoms with Crippen LogP contribution in [-0.4, -0.2) is 12.0 Å². The predicted molar refractivity (Wildman–Crippen MR) is 101 cm³/mol. The quantitative estimate of drug-likeness (QED) is 0.642. The Morgan fingerprint density at radius 3 is 2.12 bits per heavy atom. The minimum Gasteiger partial charge on any atom is -0.298 e. The average Bonchev–Trinajstić information content (AvgIpc) is 3.15. The molecule has 3 aromatic rings. The molecule has 0 aliphatic carbocycles. The van der Waals surface area contributed by atoms with Gasteiger partial charge in [-0.25, -0.2) is 0 Å². The normalized spacial score (nSPS) is 16.6. The number of hydrogen-bond donors (Lipinski definition) is 0. The Morgan fingerprint density at radius 2 is 1.48 bits per heavy atom. The molecule has 1 aliphatic rings. The standard InChI is InChI=1S/C22H18N2O/c25-16-17-11-13-20(14-12-17)24-22(19-9-5-2-6-10-19)15-21(23-24)18-7-3-1-4-8-18/h1-14,16,22H,15H2/t22-/m1/s1. The van der Waals surface area contributed by atoms with E-state index in [9.17, 15) is 4.79 Å². The van der Waals surface area contributed by atoms with Crippen LogP contribution in [0.4, 0.5) is 5.69 Å². The molecule has 3 nitrogen and oxygen atoms in total. The van der Waals surface area contributed by atoms with E-state index >= 15 is 0 Å². The zero-order valence-corrected chi connectivity index (χ0v) is 13.7. The topological polar surface area (TPSA) is 32.7 Å². The fraction of sp³-hybridized carbons (Fsp3) is 0.0909. The molecule has 0 fully saturated rings. The van der Waals surface area contributed by atoms with Gasteiger partial charge in [0.25, 0.3) is 0 Å². The molecule has 0 unspecified atom stereocenters. The van der Waals surface area contributed by atoms with Gasteiger partial charge < -0.3 is 0 Å². The molecule has 0 radical (unpaired) electrons. The lowest BCUT2D eigenvalue weighted by molar-refractivity contribution is 0.112. The van der Waals surface area contributed by atoms with Crippen LogP contribution >= 0.6 is 0 Å². The van der Waals surface area contributed by atoms with E-state index in [1.54, 1.807) is 0 Å². The number of carbonyl (C=O) groups excluding carboxylic acids is 1. The van der Waals surface area contributed by atoms with E-state index in [0.717, 1.165) is 29.7 Å². The number of anilines is 1. The molecule has 122 valence electrons. The molecule has 0 saturated carbocycles. The molecule has 3 aromatic carbocycles. The lowest BCUT2D eigenvalue weighted by Gasteiger charge is -2.24. The first-order chi connectivity index (χ1) is 12.3. The van der Waals surface area contributed by atoms with E-state index in [1.807, 2.05) is 48.5 Å². The molecule has 0 bridgehead atoms. The Hall–Kier alpha value is -3.20. The monoisotopic (exact) mass is 326 g/mol. The SMILES string of the molecule is O=Cc1ccc(N2N=C(c3ccccc3)C[C@@H]2c2ccccc2)cc1. The zero-order valence-electron chi connectivity index (χ0n) is 13.7. The van der Waals surface area contributed by atoms with Crippen LogP contribution in [0.2, 0.25) is 0 Å². The maximum absolute atomic E-state index is 10.9. The lowest BCUT2D eigenvalue weighted by Crippen LogP contribution is -2.18. The van der Waals surface area contributed by atoms with Crippen molar-refractivity contribution < 1.29 is 4.79 Å². The molecular formula is C22H18N2O. The van der Waals surface area contributed by atoms with Gasteiger partial charge in [-0.3, -0.25) is 9.80 Å². The van der Waals surface area contributed by atoms with Crippen molar-refractivity contribution in [2.24, 2.45) is 5.10 Å². The molecular weight excluding hydrogens is 308 g/mol. The third-order valence-corrected chi connectivity index (χ3v) is 4.50. The highest BCUT2D eigenvalue weighted by atomic mass is 16.1. The Labute approximate surface area is 147 Å². The summed E-state index contributed by atoms with van der Waals surface area (Å²) in [5.41, 5.74) is 5.12. The number of aldehydes is 1. The predicted octanol–water partition coefficient (Wildman–Crippen LogP) is 4.85. The van der Waals surface area contributed by atoms with Crippen LogP contribution in [0.5, 0.6) is 0 Å². The van der Waals surface area contributed by atoms with E-state index in [1.165, 1.54) is 5.56 Å². The first-order valence-electron chi connectivity index (χ1n) is 8.37. The van der Waals surface area contributed by atoms with Gasteiger partial charge in [-0.1, -0.05) is 60.7 Å². The van der Waals surface area contributed by atoms with Crippen molar-refractivity contribution in [3.05, 3.63) is 102 Å². The molecule has 1 aliphatic heterocycles. The summed E-state index contributed by atoms with van der Waals surface area (Å²) in [5, 5.41) is 6.97. The minimum absolute atomic E-state index is 0.151. The van der Waals surface area contributed by atoms with Crippen molar-refractivity contribution in [2.75, 3.05) is 5.01 Å². The van der Waals surface area contributed by atoms with Crippen LogP contribution in [0.15, 0.2) is 90.0 Å². The molecule has 25 heavy (non-hydrogen) atoms. The van der Waals surface area contributed by atoms with E-state index in [-0.39, 0.29) is 6.04 Å². The summed E-state index contributed by atoms with van der Waals surface area (Å²) in [4.78, 5) is 10.9. The maximum Gasteiger partial charge on any atom is 0.150 e. The van der Waals surface area contributed by atoms with E-state index in [2.05, 4.69) is 41.4 Å². The summed E-state index contributed by atoms with van der Waals surface area (Å²) in [6.45, 7) is 0. The van der Waals surface area contributed by atoms with Gasteiger partial charge in [0, 0.05) is 12.0 Å². The minimum atomic E-state index is 0.151. The smallest absolute Gasteiger partial charge is 0.150 e. The summed E-state index contributed by atoms with van der Waals surface area (Å²) in [5.74, 6) is 0. The molecule has 3 heteroatoms. The highest BCUT2D eigenvalue weighted by molar-refractivity contribution is 6.03. The maximum atomic E-state index is 10.9. The van der Waals surface area contributed by atoms with Crippen LogP contribution in [0.1, 0.15) is 33.9 Å². The van der Waals surface area contributed by atoms with Gasteiger partial charge in [0.1, 0.15) is 6.29 Å². The van der Waals surface area contributed by atoms with Crippen molar-refractivity contribution in [2.45, 2.75) is 12.5 Å². The largest absolute Gasteiger partial charge is 0.298 e. The average molecular weight is 326 g/mol. The number of hydrogen-bond acceptors (Lipinski definition) is 3. The summed E-state index contributed by atoms with van der Waals surface area (Å²) in [7, 11) is 0. The second kappa shape index (κ2) is 6.73. The summed E-state index contributed by atoms with van der Waals surface area (Å²) >= 11 is 0. The lowest BCUT2D eigenvalue weighted by atomic mass is 9.98. The summed E-state index contributed by atoms with van der Waals surface area (Å²) < 4.78 is 0. The molecule has 1 atom stereocenters. The van der Waals surface area contributed by atoms with Crippen molar-refractivity contribution in [1.29, 1.82) is 0 Å². The fourth-order valence-corrected chi connectivity index (χ4v) is 3.19. The highest BCUT2D eigenvalue weighted by Crippen LogP contribution is 2.36. The van der Waals surface area contributed by atoms with Crippen molar-refractivity contribution >= 4 is 17.7 Å². The van der Waals surface area contributed by atoms with E-state index in [4.69, 9.17) is 5.10 Å². The molecule has 1 heterocycles. The van der Waals surface area contributed by atoms with Gasteiger partial charge in [-0.15, -0.1) is 0 Å². The van der Waals surface area contributed by atoms with Gasteiger partial charge in [-0.2, -0.15) is 5.10 Å². The Morgan fingerprint density at radius 1 is 0.840 bits per heavy atom. The van der Waals surface area contributed by atoms with Crippen LogP contribution in [0, 0.1) is 0 Å². The number of nitrogens with zero attached hydrogens (tertiary/aromatic N) is 2. The molecule has 0 spiro atoms. The number of benzene rings is 3. The van der Waals surface area contributed by atoms with E-state index < -0.39 is 0 Å². The van der Waals surface area contributed by atoms with Crippen molar-refractivity contribution in [3.63, 3.8) is 0 Å². The second-order valence-electron chi connectivity index (χ2n) is 6.10. The Kier molecular flexibility index (Phi) is 4.13. The van der Waals surface area contributed by atoms with E-state index in [0.29, 0.717) is 5.56 Å². The van der Waals surface area contributed by atoms with Gasteiger partial charge in [-0.05, 0) is 35.4 Å². The highest BCUT2D eigenvalue weighted by Gasteiger charge is 2.29. The number of hydrazone groups is 1. The van der Waals surface area contributed by atoms with Crippen LogP contribution in [0.3, 0.4) is 0 Å². The van der Waals surface area contributed by atoms with Crippen molar-refractivity contribution in [3.8, 4) is 0 Å². The van der Waals surface area contributed by atoms with Crippen molar-refractivity contribution in [1.82, 2.24) is 0 Å². The molecule has 0 amide bonds. The first kappa shape index (κ1) is 15.3. The number of carbonyl (C=O) groups is 1. The fourth-order valence-electron chi connectivity index (χ4n) is 3.19. The molecule has 4 rings (SSSR count). The zero-order chi connectivity index (χ0) is 17.1. The Bertz CT molecular complexity index is 886. The second-order valence-corrected chi connectivity index (χ2v) is 6.10. The van der Waals surface area contributed by atoms with Crippen LogP contribution < -0.4 is 5.01 Å². The van der Waals surface area contributed by atoms with Gasteiger partial charge in [0.05, 0.1) is 17.4 Å². The van der Waals surface area contributed by atoms with Gasteiger partial charge in [0.15, 0.2) is 0 Å². The molecule has 0 aromatic heterocycles. The molecule has 0 saturated heterocycles. The third-order valence-electron chi connectivity index (χ3n) is 4.50. The third kappa shape index (κ3) is 3.09. The Balaban J connectivity index is 1.74. The van der Waals surface area contributed by atoms with Gasteiger partial charge >= 0.3 is 0 Å². The number of rotatable bonds is 4. The van der Waals surface area contributed by atoms with Crippen LogP contribution in [-0.2, 0) is 0 Å². The van der Waals surface area contributed by atoms with Gasteiger partial charge in [0.2, 0.25) is 0 Å². The summed E-state index contributed by atoms with van der Waals surface area (Å²) in [6.07, 6.45) is 1.71. The van der Waals surface area contributed by atoms with Crippen LogP contribution in [0.25, 0.3) is 0 Å². The molecule has 0 N–H and O–H groups in total.